The molecular formula is C21H27NO2. The van der Waals surface area contributed by atoms with E-state index in [4.69, 9.17) is 0 Å². The molecule has 3 heteroatoms. The molecule has 128 valence electrons. The highest BCUT2D eigenvalue weighted by Crippen LogP contribution is 2.38. The van der Waals surface area contributed by atoms with Crippen molar-refractivity contribution >= 4 is 0 Å². The molecule has 1 atom stereocenters. The predicted octanol–water partition coefficient (Wildman–Crippen LogP) is 4.43. The molecular weight excluding hydrogens is 298 g/mol. The topological polar surface area (TPSA) is 43.7 Å². The number of aromatic hydroxyl groups is 2. The van der Waals surface area contributed by atoms with Gasteiger partial charge in [0, 0.05) is 12.6 Å². The minimum absolute atomic E-state index is 0.320. The fourth-order valence-electron chi connectivity index (χ4n) is 3.83. The summed E-state index contributed by atoms with van der Waals surface area (Å²) < 4.78 is 0. The van der Waals surface area contributed by atoms with Crippen LogP contribution in [-0.2, 0) is 12.8 Å². The average Bonchev–Trinajstić information content (AvgIpc) is 2.60. The minimum Gasteiger partial charge on any atom is -0.508 e. The molecule has 24 heavy (non-hydrogen) atoms. The van der Waals surface area contributed by atoms with E-state index in [0.717, 1.165) is 50.8 Å². The van der Waals surface area contributed by atoms with E-state index in [1.807, 2.05) is 24.3 Å². The van der Waals surface area contributed by atoms with Crippen molar-refractivity contribution < 1.29 is 10.2 Å². The van der Waals surface area contributed by atoms with Crippen LogP contribution in [0.25, 0.3) is 0 Å². The number of rotatable bonds is 6. The van der Waals surface area contributed by atoms with Gasteiger partial charge in [0.25, 0.3) is 0 Å². The number of nitrogens with zero attached hydrogens (tertiary/aromatic N) is 1. The maximum Gasteiger partial charge on any atom is 0.119 e. The summed E-state index contributed by atoms with van der Waals surface area (Å²) in [5.74, 6) is 0.771. The quantitative estimate of drug-likeness (QED) is 0.826. The van der Waals surface area contributed by atoms with E-state index < -0.39 is 0 Å². The SMILES string of the molecule is CCCN(CCc1ccc(O)cc1)C1CCCc2c(O)cccc21. The lowest BCUT2D eigenvalue weighted by atomic mass is 9.86. The van der Waals surface area contributed by atoms with Crippen LogP contribution in [0.15, 0.2) is 42.5 Å². The zero-order valence-corrected chi connectivity index (χ0v) is 14.4. The summed E-state index contributed by atoms with van der Waals surface area (Å²) in [4.78, 5) is 2.56. The molecule has 3 nitrogen and oxygen atoms in total. The first kappa shape index (κ1) is 16.8. The summed E-state index contributed by atoms with van der Waals surface area (Å²) in [6, 6.07) is 13.9. The average molecular weight is 325 g/mol. The van der Waals surface area contributed by atoms with Crippen LogP contribution in [0.3, 0.4) is 0 Å². The molecule has 1 unspecified atom stereocenters. The highest BCUT2D eigenvalue weighted by atomic mass is 16.3. The highest BCUT2D eigenvalue weighted by Gasteiger charge is 2.26. The van der Waals surface area contributed by atoms with E-state index in [2.05, 4.69) is 17.9 Å². The molecule has 0 aromatic heterocycles. The maximum absolute atomic E-state index is 10.2. The lowest BCUT2D eigenvalue weighted by Crippen LogP contribution is -2.33. The van der Waals surface area contributed by atoms with Crippen molar-refractivity contribution in [1.29, 1.82) is 0 Å². The van der Waals surface area contributed by atoms with Gasteiger partial charge in [-0.25, -0.2) is 0 Å². The monoisotopic (exact) mass is 325 g/mol. The van der Waals surface area contributed by atoms with Crippen molar-refractivity contribution in [1.82, 2.24) is 4.90 Å². The van der Waals surface area contributed by atoms with Gasteiger partial charge in [-0.2, -0.15) is 0 Å². The number of hydrogen-bond donors (Lipinski definition) is 2. The molecule has 0 bridgehead atoms. The van der Waals surface area contributed by atoms with Gasteiger partial charge in [-0.1, -0.05) is 31.2 Å². The molecule has 0 amide bonds. The Morgan fingerprint density at radius 3 is 2.58 bits per heavy atom. The van der Waals surface area contributed by atoms with Gasteiger partial charge < -0.3 is 10.2 Å². The molecule has 2 aromatic carbocycles. The lowest BCUT2D eigenvalue weighted by molar-refractivity contribution is 0.180. The van der Waals surface area contributed by atoms with Crippen LogP contribution in [0, 0.1) is 0 Å². The molecule has 0 aliphatic heterocycles. The Labute approximate surface area is 144 Å². The van der Waals surface area contributed by atoms with Crippen molar-refractivity contribution in [3.8, 4) is 11.5 Å². The van der Waals surface area contributed by atoms with E-state index in [1.165, 1.54) is 11.1 Å². The Kier molecular flexibility index (Phi) is 5.41. The minimum atomic E-state index is 0.320. The van der Waals surface area contributed by atoms with Crippen LogP contribution in [0.2, 0.25) is 0 Å². The van der Waals surface area contributed by atoms with E-state index in [-0.39, 0.29) is 0 Å². The maximum atomic E-state index is 10.2. The van der Waals surface area contributed by atoms with Crippen LogP contribution in [0.5, 0.6) is 11.5 Å². The molecule has 0 saturated heterocycles. The molecule has 0 heterocycles. The predicted molar refractivity (Wildman–Crippen MR) is 97.5 cm³/mol. The Morgan fingerprint density at radius 1 is 1.04 bits per heavy atom. The summed E-state index contributed by atoms with van der Waals surface area (Å²) in [7, 11) is 0. The molecule has 2 aromatic rings. The Bertz CT molecular complexity index is 666. The van der Waals surface area contributed by atoms with Crippen LogP contribution >= 0.6 is 0 Å². The third-order valence-electron chi connectivity index (χ3n) is 5.03. The summed E-state index contributed by atoms with van der Waals surface area (Å²) in [6.07, 6.45) is 5.38. The smallest absolute Gasteiger partial charge is 0.119 e. The summed E-state index contributed by atoms with van der Waals surface area (Å²) in [6.45, 7) is 4.29. The molecule has 0 spiro atoms. The Hall–Kier alpha value is -2.00. The molecule has 0 fully saturated rings. The number of phenolic OH excluding ortho intramolecular Hbond substituents is 2. The van der Waals surface area contributed by atoms with Gasteiger partial charge in [0.05, 0.1) is 0 Å². The van der Waals surface area contributed by atoms with Gasteiger partial charge in [-0.3, -0.25) is 4.90 Å². The summed E-state index contributed by atoms with van der Waals surface area (Å²) in [5.41, 5.74) is 3.70. The van der Waals surface area contributed by atoms with Gasteiger partial charge in [0.15, 0.2) is 0 Å². The molecule has 2 N–H and O–H groups in total. The molecule has 1 aliphatic carbocycles. The van der Waals surface area contributed by atoms with E-state index in [1.54, 1.807) is 12.1 Å². The fourth-order valence-corrected chi connectivity index (χ4v) is 3.83. The van der Waals surface area contributed by atoms with E-state index >= 15 is 0 Å². The molecule has 1 aliphatic rings. The van der Waals surface area contributed by atoms with Gasteiger partial charge in [0.1, 0.15) is 11.5 Å². The Morgan fingerprint density at radius 2 is 1.83 bits per heavy atom. The first-order valence-electron chi connectivity index (χ1n) is 9.01. The van der Waals surface area contributed by atoms with Crippen molar-refractivity contribution in [2.45, 2.75) is 45.1 Å². The number of phenols is 2. The second-order valence-electron chi connectivity index (χ2n) is 6.71. The summed E-state index contributed by atoms with van der Waals surface area (Å²) >= 11 is 0. The zero-order valence-electron chi connectivity index (χ0n) is 14.4. The van der Waals surface area contributed by atoms with Crippen molar-refractivity contribution in [3.63, 3.8) is 0 Å². The first-order chi connectivity index (χ1) is 11.7. The Balaban J connectivity index is 1.76. The molecule has 0 saturated carbocycles. The van der Waals surface area contributed by atoms with Crippen molar-refractivity contribution in [2.75, 3.05) is 13.1 Å². The fraction of sp³-hybridized carbons (Fsp3) is 0.429. The lowest BCUT2D eigenvalue weighted by Gasteiger charge is -2.36. The second kappa shape index (κ2) is 7.71. The normalized spacial score (nSPS) is 17.0. The van der Waals surface area contributed by atoms with Crippen molar-refractivity contribution in [3.05, 3.63) is 59.2 Å². The number of benzene rings is 2. The molecule has 0 radical (unpaired) electrons. The standard InChI is InChI=1S/C21H27NO2/c1-2-14-22(15-13-16-9-11-17(23)12-10-16)20-7-3-6-19-18(20)5-4-8-21(19)24/h4-5,8-12,20,23-24H,2-3,6-7,13-15H2,1H3. The van der Waals surface area contributed by atoms with Crippen LogP contribution in [0.1, 0.15) is 48.9 Å². The summed E-state index contributed by atoms with van der Waals surface area (Å²) in [5, 5.41) is 19.6. The second-order valence-corrected chi connectivity index (χ2v) is 6.71. The third kappa shape index (κ3) is 3.73. The van der Waals surface area contributed by atoms with Crippen LogP contribution in [-0.4, -0.2) is 28.2 Å². The van der Waals surface area contributed by atoms with Gasteiger partial charge in [0.2, 0.25) is 0 Å². The van der Waals surface area contributed by atoms with E-state index in [9.17, 15) is 10.2 Å². The third-order valence-corrected chi connectivity index (χ3v) is 5.03. The van der Waals surface area contributed by atoms with Crippen molar-refractivity contribution in [2.24, 2.45) is 0 Å². The highest BCUT2D eigenvalue weighted by molar-refractivity contribution is 5.42. The van der Waals surface area contributed by atoms with Gasteiger partial charge in [-0.05, 0) is 73.5 Å². The van der Waals surface area contributed by atoms with E-state index in [0.29, 0.717) is 17.5 Å². The largest absolute Gasteiger partial charge is 0.508 e. The number of hydrogen-bond acceptors (Lipinski definition) is 3. The zero-order chi connectivity index (χ0) is 16.9. The van der Waals surface area contributed by atoms with Gasteiger partial charge in [-0.15, -0.1) is 0 Å². The number of fused-ring (bicyclic) bond motifs is 1. The van der Waals surface area contributed by atoms with Gasteiger partial charge >= 0.3 is 0 Å². The van der Waals surface area contributed by atoms with Crippen LogP contribution in [0.4, 0.5) is 0 Å². The molecule has 3 rings (SSSR count). The first-order valence-corrected chi connectivity index (χ1v) is 9.01. The van der Waals surface area contributed by atoms with Crippen LogP contribution < -0.4 is 0 Å².